The smallest absolute Gasteiger partial charge is 0.260 e. The molecular weight excluding hydrogens is 320 g/mol. The van der Waals surface area contributed by atoms with Crippen molar-refractivity contribution >= 4 is 11.8 Å². The molecule has 0 bridgehead atoms. The summed E-state index contributed by atoms with van der Waals surface area (Å²) in [5.74, 6) is 1.06. The fourth-order valence-electron chi connectivity index (χ4n) is 2.90. The summed E-state index contributed by atoms with van der Waals surface area (Å²) in [7, 11) is 0. The highest BCUT2D eigenvalue weighted by molar-refractivity contribution is 5.81. The lowest BCUT2D eigenvalue weighted by molar-refractivity contribution is -0.137. The second-order valence-corrected chi connectivity index (χ2v) is 6.08. The van der Waals surface area contributed by atoms with Crippen molar-refractivity contribution in [1.82, 2.24) is 10.2 Å². The van der Waals surface area contributed by atoms with Gasteiger partial charge in [0.1, 0.15) is 11.5 Å². The van der Waals surface area contributed by atoms with Gasteiger partial charge >= 0.3 is 0 Å². The van der Waals surface area contributed by atoms with Crippen LogP contribution >= 0.6 is 0 Å². The molecule has 1 N–H and O–H groups in total. The van der Waals surface area contributed by atoms with Crippen LogP contribution in [-0.4, -0.2) is 36.4 Å². The molecule has 0 spiro atoms. The number of furan rings is 1. The van der Waals surface area contributed by atoms with Crippen molar-refractivity contribution in [2.45, 2.75) is 19.4 Å². The Bertz CT molecular complexity index is 685. The van der Waals surface area contributed by atoms with Crippen LogP contribution in [-0.2, 0) is 16.1 Å². The van der Waals surface area contributed by atoms with Crippen LogP contribution < -0.4 is 10.1 Å². The number of piperidine rings is 1. The van der Waals surface area contributed by atoms with Crippen LogP contribution in [0, 0.1) is 5.92 Å². The number of para-hydroxylation sites is 1. The second-order valence-electron chi connectivity index (χ2n) is 6.08. The lowest BCUT2D eigenvalue weighted by Crippen LogP contribution is -2.46. The van der Waals surface area contributed by atoms with Gasteiger partial charge in [0, 0.05) is 13.1 Å². The third kappa shape index (κ3) is 4.86. The van der Waals surface area contributed by atoms with Crippen molar-refractivity contribution in [2.24, 2.45) is 5.92 Å². The second kappa shape index (κ2) is 8.37. The van der Waals surface area contributed by atoms with Gasteiger partial charge in [0.15, 0.2) is 6.61 Å². The topological polar surface area (TPSA) is 71.8 Å². The maximum atomic E-state index is 12.3. The molecule has 0 aliphatic carbocycles. The van der Waals surface area contributed by atoms with E-state index in [1.165, 1.54) is 0 Å². The molecule has 2 heterocycles. The molecule has 132 valence electrons. The normalized spacial score (nSPS) is 17.1. The zero-order chi connectivity index (χ0) is 17.5. The van der Waals surface area contributed by atoms with Gasteiger partial charge in [0.05, 0.1) is 18.7 Å². The molecule has 0 radical (unpaired) electrons. The molecule has 2 amide bonds. The Morgan fingerprint density at radius 1 is 1.20 bits per heavy atom. The Kier molecular flexibility index (Phi) is 5.72. The Morgan fingerprint density at radius 2 is 2.04 bits per heavy atom. The Morgan fingerprint density at radius 3 is 2.80 bits per heavy atom. The minimum Gasteiger partial charge on any atom is -0.484 e. The summed E-state index contributed by atoms with van der Waals surface area (Å²) in [6.45, 7) is 1.46. The minimum atomic E-state index is -0.190. The molecule has 1 atom stereocenters. The third-order valence-electron chi connectivity index (χ3n) is 4.27. The number of likely N-dealkylation sites (tertiary alicyclic amines) is 1. The van der Waals surface area contributed by atoms with Crippen molar-refractivity contribution in [3.63, 3.8) is 0 Å². The van der Waals surface area contributed by atoms with Crippen LogP contribution in [0.5, 0.6) is 5.75 Å². The third-order valence-corrected chi connectivity index (χ3v) is 4.27. The summed E-state index contributed by atoms with van der Waals surface area (Å²) in [5.41, 5.74) is 0. The number of carbonyl (C=O) groups excluding carboxylic acids is 2. The number of rotatable bonds is 6. The predicted molar refractivity (Wildman–Crippen MR) is 91.8 cm³/mol. The van der Waals surface area contributed by atoms with Crippen molar-refractivity contribution in [1.29, 1.82) is 0 Å². The van der Waals surface area contributed by atoms with Crippen molar-refractivity contribution < 1.29 is 18.7 Å². The molecule has 1 aliphatic rings. The molecule has 1 unspecified atom stereocenters. The van der Waals surface area contributed by atoms with Crippen molar-refractivity contribution in [3.8, 4) is 5.75 Å². The number of amides is 2. The van der Waals surface area contributed by atoms with Crippen LogP contribution in [0.1, 0.15) is 18.6 Å². The number of hydrogen-bond donors (Lipinski definition) is 1. The van der Waals surface area contributed by atoms with Gasteiger partial charge in [-0.1, -0.05) is 18.2 Å². The molecular formula is C19H22N2O4. The van der Waals surface area contributed by atoms with E-state index >= 15 is 0 Å². The molecule has 3 rings (SSSR count). The van der Waals surface area contributed by atoms with Gasteiger partial charge in [0.2, 0.25) is 5.91 Å². The first kappa shape index (κ1) is 17.1. The Balaban J connectivity index is 1.46. The zero-order valence-corrected chi connectivity index (χ0v) is 14.0. The van der Waals surface area contributed by atoms with E-state index in [2.05, 4.69) is 5.32 Å². The van der Waals surface area contributed by atoms with Crippen LogP contribution in [0.25, 0.3) is 0 Å². The fourth-order valence-corrected chi connectivity index (χ4v) is 2.90. The minimum absolute atomic E-state index is 0.00918. The summed E-state index contributed by atoms with van der Waals surface area (Å²) < 4.78 is 10.7. The summed E-state index contributed by atoms with van der Waals surface area (Å²) in [6, 6.07) is 12.8. The molecule has 1 saturated heterocycles. The van der Waals surface area contributed by atoms with E-state index in [-0.39, 0.29) is 24.3 Å². The van der Waals surface area contributed by atoms with E-state index in [4.69, 9.17) is 9.15 Å². The van der Waals surface area contributed by atoms with Gasteiger partial charge in [-0.2, -0.15) is 0 Å². The van der Waals surface area contributed by atoms with Crippen LogP contribution in [0.3, 0.4) is 0 Å². The maximum Gasteiger partial charge on any atom is 0.260 e. The number of ether oxygens (including phenoxy) is 1. The van der Waals surface area contributed by atoms with Crippen molar-refractivity contribution in [3.05, 3.63) is 54.5 Å². The van der Waals surface area contributed by atoms with E-state index < -0.39 is 0 Å². The highest BCUT2D eigenvalue weighted by Crippen LogP contribution is 2.17. The lowest BCUT2D eigenvalue weighted by Gasteiger charge is -2.32. The number of nitrogens with one attached hydrogen (secondary N) is 1. The van der Waals surface area contributed by atoms with Crippen LogP contribution in [0.15, 0.2) is 53.1 Å². The van der Waals surface area contributed by atoms with E-state index in [1.54, 1.807) is 17.2 Å². The Hall–Kier alpha value is -2.76. The van der Waals surface area contributed by atoms with E-state index in [0.29, 0.717) is 31.1 Å². The summed E-state index contributed by atoms with van der Waals surface area (Å²) in [5, 5.41) is 2.87. The standard InChI is InChI=1S/C19H22N2O4/c22-18(14-25-16-7-2-1-3-8-16)21-10-4-6-15(13-21)19(23)20-12-17-9-5-11-24-17/h1-3,5,7-9,11,15H,4,6,10,12-14H2,(H,20,23). The number of carbonyl (C=O) groups is 2. The average Bonchev–Trinajstić information content (AvgIpc) is 3.18. The van der Waals surface area contributed by atoms with Crippen molar-refractivity contribution in [2.75, 3.05) is 19.7 Å². The number of nitrogens with zero attached hydrogens (tertiary/aromatic N) is 1. The fraction of sp³-hybridized carbons (Fsp3) is 0.368. The largest absolute Gasteiger partial charge is 0.484 e. The molecule has 6 heteroatoms. The summed E-state index contributed by atoms with van der Waals surface area (Å²) >= 11 is 0. The van der Waals surface area contributed by atoms with Gasteiger partial charge in [-0.05, 0) is 37.1 Å². The summed E-state index contributed by atoms with van der Waals surface area (Å²) in [6.07, 6.45) is 3.18. The zero-order valence-electron chi connectivity index (χ0n) is 14.0. The maximum absolute atomic E-state index is 12.3. The first-order valence-electron chi connectivity index (χ1n) is 8.48. The predicted octanol–water partition coefficient (Wildman–Crippen LogP) is 2.21. The van der Waals surface area contributed by atoms with Gasteiger partial charge in [0.25, 0.3) is 5.91 Å². The van der Waals surface area contributed by atoms with Gasteiger partial charge in [-0.3, -0.25) is 9.59 Å². The van der Waals surface area contributed by atoms with E-state index in [0.717, 1.165) is 12.8 Å². The number of benzene rings is 1. The molecule has 0 saturated carbocycles. The molecule has 6 nitrogen and oxygen atoms in total. The van der Waals surface area contributed by atoms with Gasteiger partial charge < -0.3 is 19.4 Å². The molecule has 2 aromatic rings. The monoisotopic (exact) mass is 342 g/mol. The average molecular weight is 342 g/mol. The molecule has 1 fully saturated rings. The first-order chi connectivity index (χ1) is 12.2. The number of hydrogen-bond acceptors (Lipinski definition) is 4. The molecule has 1 aromatic carbocycles. The highest BCUT2D eigenvalue weighted by atomic mass is 16.5. The highest BCUT2D eigenvalue weighted by Gasteiger charge is 2.28. The van der Waals surface area contributed by atoms with E-state index in [9.17, 15) is 9.59 Å². The van der Waals surface area contributed by atoms with Crippen LogP contribution in [0.2, 0.25) is 0 Å². The molecule has 1 aromatic heterocycles. The lowest BCUT2D eigenvalue weighted by atomic mass is 9.97. The SMILES string of the molecule is O=C(NCc1ccco1)C1CCCN(C(=O)COc2ccccc2)C1. The Labute approximate surface area is 146 Å². The first-order valence-corrected chi connectivity index (χ1v) is 8.48. The quantitative estimate of drug-likeness (QED) is 0.874. The van der Waals surface area contributed by atoms with Crippen LogP contribution in [0.4, 0.5) is 0 Å². The van der Waals surface area contributed by atoms with Gasteiger partial charge in [-0.25, -0.2) is 0 Å². The van der Waals surface area contributed by atoms with E-state index in [1.807, 2.05) is 36.4 Å². The molecule has 1 aliphatic heterocycles. The summed E-state index contributed by atoms with van der Waals surface area (Å²) in [4.78, 5) is 26.4. The molecule has 25 heavy (non-hydrogen) atoms. The van der Waals surface area contributed by atoms with Gasteiger partial charge in [-0.15, -0.1) is 0 Å².